The van der Waals surface area contributed by atoms with E-state index in [1.54, 1.807) is 0 Å². The van der Waals surface area contributed by atoms with Crippen LogP contribution < -0.4 is 25.9 Å². The topological polar surface area (TPSA) is 0 Å². The van der Waals surface area contributed by atoms with Crippen molar-refractivity contribution >= 4 is 7.54 Å². The highest BCUT2D eigenvalue weighted by molar-refractivity contribution is 6.33. The largest absolute Gasteiger partial charge is 1.00 e. The van der Waals surface area contributed by atoms with Gasteiger partial charge in [0.15, 0.2) is 7.14 Å². The molecule has 0 heterocycles. The molecule has 0 aromatic heterocycles. The fraction of sp³-hybridized carbons (Fsp3) is 0.143. The SMILES string of the molecule is Cc1ccc([I+]c2ccc(C)cc2)cc1.FB(F)F.[F-]. The van der Waals surface area contributed by atoms with E-state index in [4.69, 9.17) is 0 Å². The maximum absolute atomic E-state index is 9.67. The minimum absolute atomic E-state index is 0. The van der Waals surface area contributed by atoms with Gasteiger partial charge in [0.05, 0.1) is 0 Å². The zero-order valence-corrected chi connectivity index (χ0v) is 13.2. The molecule has 2 aromatic rings. The van der Waals surface area contributed by atoms with E-state index in [-0.39, 0.29) is 25.9 Å². The highest BCUT2D eigenvalue weighted by Crippen LogP contribution is 1.95. The first-order valence-corrected chi connectivity index (χ1v) is 7.83. The maximum atomic E-state index is 9.67. The lowest BCUT2D eigenvalue weighted by molar-refractivity contribution is -0.597. The molecule has 0 radical (unpaired) electrons. The Labute approximate surface area is 127 Å². The summed E-state index contributed by atoms with van der Waals surface area (Å²) in [5, 5.41) is 0. The van der Waals surface area contributed by atoms with E-state index in [2.05, 4.69) is 62.4 Å². The van der Waals surface area contributed by atoms with Crippen LogP contribution >= 0.6 is 0 Å². The molecule has 108 valence electrons. The smallest absolute Gasteiger partial charge is 0.762 e. The average Bonchev–Trinajstić information content (AvgIpc) is 2.34. The molecule has 0 bridgehead atoms. The summed E-state index contributed by atoms with van der Waals surface area (Å²) in [5.41, 5.74) is 2.68. The van der Waals surface area contributed by atoms with Crippen LogP contribution in [-0.2, 0) is 0 Å². The number of hydrogen-bond acceptors (Lipinski definition) is 0. The molecule has 2 aromatic carbocycles. The second kappa shape index (κ2) is 9.80. The average molecular weight is 396 g/mol. The normalized spacial score (nSPS) is 9.05. The standard InChI is InChI=1S/C14H14I.BF3.FH/c1-11-3-7-13(8-4-11)15-14-9-5-12(2)6-10-14;2-1(3)4;/h3-10H,1-2H3;;1H/q+1;;/p-1. The molecule has 6 heteroatoms. The van der Waals surface area contributed by atoms with E-state index in [1.807, 2.05) is 0 Å². The molecule has 0 fully saturated rings. The van der Waals surface area contributed by atoms with E-state index in [1.165, 1.54) is 18.3 Å². The van der Waals surface area contributed by atoms with E-state index < -0.39 is 7.54 Å². The molecule has 2 rings (SSSR count). The Balaban J connectivity index is 0.000000644. The van der Waals surface area contributed by atoms with Gasteiger partial charge >= 0.3 is 28.7 Å². The number of hydrogen-bond donors (Lipinski definition) is 0. The van der Waals surface area contributed by atoms with Crippen molar-refractivity contribution in [3.05, 3.63) is 66.8 Å². The zero-order chi connectivity index (χ0) is 14.3. The van der Waals surface area contributed by atoms with Crippen molar-refractivity contribution in [2.24, 2.45) is 0 Å². The van der Waals surface area contributed by atoms with Gasteiger partial charge < -0.3 is 4.70 Å². The van der Waals surface area contributed by atoms with Gasteiger partial charge in [0, 0.05) is 0 Å². The molecule has 0 saturated carbocycles. The fourth-order valence-corrected chi connectivity index (χ4v) is 3.48. The van der Waals surface area contributed by atoms with E-state index in [9.17, 15) is 12.9 Å². The van der Waals surface area contributed by atoms with Crippen molar-refractivity contribution in [2.75, 3.05) is 0 Å². The van der Waals surface area contributed by atoms with Crippen LogP contribution in [0.2, 0.25) is 0 Å². The van der Waals surface area contributed by atoms with E-state index in [0.29, 0.717) is 0 Å². The van der Waals surface area contributed by atoms with Gasteiger partial charge in [-0.05, 0) is 38.1 Å². The van der Waals surface area contributed by atoms with E-state index >= 15 is 0 Å². The quantitative estimate of drug-likeness (QED) is 0.323. The van der Waals surface area contributed by atoms with Gasteiger partial charge in [0.1, 0.15) is 0 Å². The van der Waals surface area contributed by atoms with Gasteiger partial charge in [-0.1, -0.05) is 35.4 Å². The molecule has 0 unspecified atom stereocenters. The number of rotatable bonds is 2. The molecule has 0 aliphatic carbocycles. The summed E-state index contributed by atoms with van der Waals surface area (Å²) in [5.74, 6) is 0. The van der Waals surface area contributed by atoms with Crippen LogP contribution in [0.5, 0.6) is 0 Å². The lowest BCUT2D eigenvalue weighted by atomic mass is 10.2. The predicted octanol–water partition coefficient (Wildman–Crippen LogP) is -1.68. The monoisotopic (exact) mass is 396 g/mol. The van der Waals surface area contributed by atoms with Crippen LogP contribution in [0.25, 0.3) is 0 Å². The van der Waals surface area contributed by atoms with Crippen molar-refractivity contribution in [3.63, 3.8) is 0 Å². The predicted molar refractivity (Wildman–Crippen MR) is 68.8 cm³/mol. The van der Waals surface area contributed by atoms with Gasteiger partial charge in [-0.15, -0.1) is 0 Å². The van der Waals surface area contributed by atoms with Crippen molar-refractivity contribution in [1.29, 1.82) is 0 Å². The van der Waals surface area contributed by atoms with Crippen LogP contribution in [0.1, 0.15) is 11.1 Å². The Morgan fingerprint density at radius 2 is 0.950 bits per heavy atom. The molecular weight excluding hydrogens is 382 g/mol. The zero-order valence-electron chi connectivity index (χ0n) is 11.1. The first-order valence-electron chi connectivity index (χ1n) is 5.68. The first kappa shape index (κ1) is 19.0. The third kappa shape index (κ3) is 8.19. The highest BCUT2D eigenvalue weighted by Gasteiger charge is 2.13. The van der Waals surface area contributed by atoms with E-state index in [0.717, 1.165) is 0 Å². The van der Waals surface area contributed by atoms with Crippen LogP contribution in [0.4, 0.5) is 12.9 Å². The first-order chi connectivity index (χ1) is 8.97. The lowest BCUT2D eigenvalue weighted by Gasteiger charge is -1.90. The molecule has 0 atom stereocenters. The molecule has 0 nitrogen and oxygen atoms in total. The van der Waals surface area contributed by atoms with Gasteiger partial charge in [0.25, 0.3) is 0 Å². The number of benzene rings is 2. The van der Waals surface area contributed by atoms with Crippen LogP contribution in [0, 0.1) is 21.0 Å². The molecule has 0 aliphatic rings. The Morgan fingerprint density at radius 3 is 1.20 bits per heavy atom. The summed E-state index contributed by atoms with van der Waals surface area (Å²) in [6.45, 7) is 4.27. The summed E-state index contributed by atoms with van der Waals surface area (Å²) in [7, 11) is -3.67. The summed E-state index contributed by atoms with van der Waals surface area (Å²) in [4.78, 5) is 0. The van der Waals surface area contributed by atoms with Gasteiger partial charge in [0.2, 0.25) is 0 Å². The summed E-state index contributed by atoms with van der Waals surface area (Å²) < 4.78 is 32.0. The van der Waals surface area contributed by atoms with Gasteiger partial charge in [-0.25, -0.2) is 0 Å². The van der Waals surface area contributed by atoms with Crippen LogP contribution in [-0.4, -0.2) is 7.54 Å². The third-order valence-electron chi connectivity index (χ3n) is 2.24. The van der Waals surface area contributed by atoms with Gasteiger partial charge in [-0.3, -0.25) is 12.9 Å². The molecule has 0 amide bonds. The Morgan fingerprint density at radius 1 is 0.700 bits per heavy atom. The number of aryl methyl sites for hydroxylation is 2. The minimum atomic E-state index is -3.67. The molecule has 20 heavy (non-hydrogen) atoms. The van der Waals surface area contributed by atoms with Crippen molar-refractivity contribution in [2.45, 2.75) is 13.8 Å². The third-order valence-corrected chi connectivity index (χ3v) is 4.92. The molecular formula is C14H14BF4I. The second-order valence-electron chi connectivity index (χ2n) is 3.93. The lowest BCUT2D eigenvalue weighted by Crippen LogP contribution is -3.61. The molecule has 0 N–H and O–H groups in total. The molecule has 0 aliphatic heterocycles. The van der Waals surface area contributed by atoms with Crippen molar-refractivity contribution in [3.8, 4) is 0 Å². The molecule has 0 spiro atoms. The Bertz CT molecular complexity index is 439. The number of halogens is 5. The summed E-state index contributed by atoms with van der Waals surface area (Å²) in [6.07, 6.45) is 0. The van der Waals surface area contributed by atoms with Crippen molar-refractivity contribution in [1.82, 2.24) is 0 Å². The second-order valence-corrected chi connectivity index (χ2v) is 6.96. The molecule has 0 saturated heterocycles. The summed E-state index contributed by atoms with van der Waals surface area (Å²) in [6, 6.07) is 17.8. The fourth-order valence-electron chi connectivity index (χ4n) is 1.32. The maximum Gasteiger partial charge on any atom is 0.762 e. The van der Waals surface area contributed by atoms with Crippen LogP contribution in [0.15, 0.2) is 48.5 Å². The highest BCUT2D eigenvalue weighted by atomic mass is 127. The van der Waals surface area contributed by atoms with Crippen molar-refractivity contribution < 1.29 is 38.9 Å². The van der Waals surface area contributed by atoms with Gasteiger partial charge in [-0.2, -0.15) is 0 Å². The summed E-state index contributed by atoms with van der Waals surface area (Å²) >= 11 is 0.00313. The van der Waals surface area contributed by atoms with Crippen LogP contribution in [0.3, 0.4) is 0 Å². The minimum Gasteiger partial charge on any atom is -1.00 e. The Hall–Kier alpha value is -1.05. The Kier molecular flexibility index (Phi) is 9.28.